The summed E-state index contributed by atoms with van der Waals surface area (Å²) >= 11 is 0. The zero-order valence-electron chi connectivity index (χ0n) is 20.6. The maximum absolute atomic E-state index is 14.2. The number of hydrogen-bond acceptors (Lipinski definition) is 7. The monoisotopic (exact) mass is 527 g/mol. The minimum Gasteiger partial charge on any atom is -0.494 e. The highest BCUT2D eigenvalue weighted by molar-refractivity contribution is 5.77. The van der Waals surface area contributed by atoms with Gasteiger partial charge in [0.15, 0.2) is 23.5 Å². The van der Waals surface area contributed by atoms with E-state index in [4.69, 9.17) is 9.47 Å². The van der Waals surface area contributed by atoms with Crippen LogP contribution in [0, 0.1) is 5.82 Å². The second-order valence-corrected chi connectivity index (χ2v) is 9.04. The minimum absolute atomic E-state index is 0.0180. The van der Waals surface area contributed by atoms with E-state index < -0.39 is 17.7 Å². The number of hydrogen-bond donors (Lipinski definition) is 0. The van der Waals surface area contributed by atoms with Gasteiger partial charge in [-0.25, -0.2) is 14.1 Å². The lowest BCUT2D eigenvalue weighted by atomic mass is 10.0. The molecule has 2 fully saturated rings. The maximum atomic E-state index is 14.2. The van der Waals surface area contributed by atoms with Crippen LogP contribution >= 0.6 is 0 Å². The molecule has 37 heavy (non-hydrogen) atoms. The Labute approximate surface area is 211 Å². The number of halogens is 4. The van der Waals surface area contributed by atoms with Crippen LogP contribution in [0.1, 0.15) is 34.6 Å². The second-order valence-electron chi connectivity index (χ2n) is 9.04. The first-order chi connectivity index (χ1) is 17.6. The van der Waals surface area contributed by atoms with Crippen LogP contribution in [-0.2, 0) is 22.1 Å². The van der Waals surface area contributed by atoms with Crippen LogP contribution in [0.3, 0.4) is 0 Å². The van der Waals surface area contributed by atoms with Crippen molar-refractivity contribution < 1.29 is 36.6 Å². The van der Waals surface area contributed by atoms with Gasteiger partial charge >= 0.3 is 6.18 Å². The van der Waals surface area contributed by atoms with Gasteiger partial charge in [0.1, 0.15) is 12.3 Å². The third-order valence-corrected chi connectivity index (χ3v) is 6.86. The quantitative estimate of drug-likeness (QED) is 0.386. The minimum atomic E-state index is -4.79. The van der Waals surface area contributed by atoms with Crippen LogP contribution in [-0.4, -0.2) is 96.5 Å². The van der Waals surface area contributed by atoms with Crippen molar-refractivity contribution >= 4 is 12.2 Å². The van der Waals surface area contributed by atoms with Crippen LogP contribution in [0.15, 0.2) is 18.2 Å². The lowest BCUT2D eigenvalue weighted by molar-refractivity contribution is -0.168. The molecule has 9 nitrogen and oxygen atoms in total. The zero-order valence-corrected chi connectivity index (χ0v) is 20.6. The van der Waals surface area contributed by atoms with Gasteiger partial charge in [-0.1, -0.05) is 0 Å². The number of carbonyl (C=O) groups excluding carboxylic acids is 2. The third-order valence-electron chi connectivity index (χ3n) is 6.86. The topological polar surface area (TPSA) is 80.1 Å². The molecular formula is C24H29F4N5O4. The standard InChI is InChI=1S/C24H29F4N5O4/c1-30(16-5-9-31(10-6-16)32-11-12-37-15-22(32)35)8-7-18-20(14-34)33(29-23(18)24(26,27)28)17-3-4-21(36-2)19(25)13-17/h3-4,13-14,16H,5-12,15H2,1-2H3. The van der Waals surface area contributed by atoms with Gasteiger partial charge in [0, 0.05) is 37.3 Å². The van der Waals surface area contributed by atoms with E-state index in [2.05, 4.69) is 5.10 Å². The summed E-state index contributed by atoms with van der Waals surface area (Å²) < 4.78 is 66.7. The molecule has 0 aliphatic carbocycles. The fraction of sp³-hybridized carbons (Fsp3) is 0.542. The molecule has 0 atom stereocenters. The number of aldehydes is 1. The van der Waals surface area contributed by atoms with Crippen LogP contribution in [0.5, 0.6) is 5.75 Å². The molecule has 0 radical (unpaired) electrons. The number of nitrogens with zero attached hydrogens (tertiary/aromatic N) is 5. The van der Waals surface area contributed by atoms with E-state index in [-0.39, 0.29) is 54.2 Å². The molecule has 0 N–H and O–H groups in total. The average molecular weight is 528 g/mol. The molecule has 13 heteroatoms. The van der Waals surface area contributed by atoms with E-state index in [1.807, 2.05) is 17.0 Å². The largest absolute Gasteiger partial charge is 0.494 e. The SMILES string of the molecule is COc1ccc(-n2nc(C(F)(F)F)c(CCN(C)C3CCN(N4CCOCC4=O)CC3)c2C=O)cc1F. The summed E-state index contributed by atoms with van der Waals surface area (Å²) in [5, 5.41) is 7.37. The van der Waals surface area contributed by atoms with Gasteiger partial charge in [-0.3, -0.25) is 14.6 Å². The highest BCUT2D eigenvalue weighted by atomic mass is 19.4. The number of benzene rings is 1. The fourth-order valence-corrected chi connectivity index (χ4v) is 4.86. The number of methoxy groups -OCH3 is 1. The Morgan fingerprint density at radius 1 is 1.24 bits per heavy atom. The number of aromatic nitrogens is 2. The van der Waals surface area contributed by atoms with E-state index in [1.54, 1.807) is 5.01 Å². The predicted molar refractivity (Wildman–Crippen MR) is 124 cm³/mol. The molecule has 0 bridgehead atoms. The summed E-state index contributed by atoms with van der Waals surface area (Å²) in [5.74, 6) is -0.939. The molecule has 202 valence electrons. The van der Waals surface area contributed by atoms with E-state index in [1.165, 1.54) is 19.2 Å². The van der Waals surface area contributed by atoms with Crippen molar-refractivity contribution in [2.45, 2.75) is 31.5 Å². The number of amides is 1. The van der Waals surface area contributed by atoms with Crippen molar-refractivity contribution in [1.82, 2.24) is 24.7 Å². The molecule has 2 saturated heterocycles. The lowest BCUT2D eigenvalue weighted by Gasteiger charge is -2.43. The number of rotatable bonds is 8. The zero-order chi connectivity index (χ0) is 26.7. The van der Waals surface area contributed by atoms with Gasteiger partial charge in [0.05, 0.1) is 25.9 Å². The third kappa shape index (κ3) is 5.78. The fourth-order valence-electron chi connectivity index (χ4n) is 4.86. The number of hydrazine groups is 1. The summed E-state index contributed by atoms with van der Waals surface area (Å²) in [6, 6.07) is 3.68. The molecule has 2 aliphatic heterocycles. The first kappa shape index (κ1) is 27.0. The Morgan fingerprint density at radius 2 is 1.97 bits per heavy atom. The molecule has 0 unspecified atom stereocenters. The maximum Gasteiger partial charge on any atom is 0.435 e. The lowest BCUT2D eigenvalue weighted by Crippen LogP contribution is -2.56. The summed E-state index contributed by atoms with van der Waals surface area (Å²) in [4.78, 5) is 26.0. The van der Waals surface area contributed by atoms with E-state index >= 15 is 0 Å². The molecule has 0 spiro atoms. The van der Waals surface area contributed by atoms with Crippen molar-refractivity contribution in [3.05, 3.63) is 41.0 Å². The Morgan fingerprint density at radius 3 is 2.57 bits per heavy atom. The van der Waals surface area contributed by atoms with E-state index in [0.29, 0.717) is 32.5 Å². The smallest absolute Gasteiger partial charge is 0.435 e. The molecule has 0 saturated carbocycles. The summed E-state index contributed by atoms with van der Waals surface area (Å²) in [6.07, 6.45) is -3.08. The molecule has 2 aromatic rings. The molecular weight excluding hydrogens is 498 g/mol. The highest BCUT2D eigenvalue weighted by Crippen LogP contribution is 2.34. The molecule has 4 rings (SSSR count). The van der Waals surface area contributed by atoms with Crippen LogP contribution in [0.25, 0.3) is 5.69 Å². The van der Waals surface area contributed by atoms with Gasteiger partial charge in [-0.2, -0.15) is 18.3 Å². The Balaban J connectivity index is 1.48. The van der Waals surface area contributed by atoms with E-state index in [9.17, 15) is 27.2 Å². The van der Waals surface area contributed by atoms with Crippen molar-refractivity contribution in [1.29, 1.82) is 0 Å². The summed E-state index contributed by atoms with van der Waals surface area (Å²) in [7, 11) is 3.10. The number of morpholine rings is 1. The number of carbonyl (C=O) groups is 2. The Bertz CT molecular complexity index is 1130. The van der Waals surface area contributed by atoms with Gasteiger partial charge in [-0.05, 0) is 38.4 Å². The van der Waals surface area contributed by atoms with Crippen molar-refractivity contribution in [3.63, 3.8) is 0 Å². The first-order valence-corrected chi connectivity index (χ1v) is 12.0. The van der Waals surface area contributed by atoms with Gasteiger partial charge in [0.2, 0.25) is 0 Å². The van der Waals surface area contributed by atoms with Crippen LogP contribution in [0.4, 0.5) is 17.6 Å². The summed E-state index contributed by atoms with van der Waals surface area (Å²) in [5.41, 5.74) is -1.69. The van der Waals surface area contributed by atoms with Crippen molar-refractivity contribution in [2.24, 2.45) is 0 Å². The molecule has 2 aliphatic rings. The van der Waals surface area contributed by atoms with E-state index in [0.717, 1.165) is 23.6 Å². The number of alkyl halides is 3. The number of likely N-dealkylation sites (N-methyl/N-ethyl adjacent to an activating group) is 1. The second kappa shape index (κ2) is 11.2. The van der Waals surface area contributed by atoms with Crippen LogP contribution in [0.2, 0.25) is 0 Å². The van der Waals surface area contributed by atoms with Gasteiger partial charge in [0.25, 0.3) is 5.91 Å². The summed E-state index contributed by atoms with van der Waals surface area (Å²) in [6.45, 7) is 2.62. The molecule has 1 amide bonds. The molecule has 1 aromatic carbocycles. The average Bonchev–Trinajstić information content (AvgIpc) is 3.27. The first-order valence-electron chi connectivity index (χ1n) is 12.0. The molecule has 1 aromatic heterocycles. The van der Waals surface area contributed by atoms with Crippen molar-refractivity contribution in [2.75, 3.05) is 53.6 Å². The van der Waals surface area contributed by atoms with Crippen LogP contribution < -0.4 is 4.74 Å². The predicted octanol–water partition coefficient (Wildman–Crippen LogP) is 2.56. The van der Waals surface area contributed by atoms with Gasteiger partial charge in [-0.15, -0.1) is 0 Å². The van der Waals surface area contributed by atoms with Crippen molar-refractivity contribution in [3.8, 4) is 11.4 Å². The molecule has 3 heterocycles. The Hall–Kier alpha value is -3.03. The Kier molecular flexibility index (Phi) is 8.14. The van der Waals surface area contributed by atoms with Gasteiger partial charge < -0.3 is 14.4 Å². The normalized spacial score (nSPS) is 18.0. The number of ether oxygens (including phenoxy) is 2. The number of piperidine rings is 1. The highest BCUT2D eigenvalue weighted by Gasteiger charge is 2.39.